The average molecular weight is 544 g/mol. The minimum atomic E-state index is -0.578. The first-order valence-electron chi connectivity index (χ1n) is 9.75. The summed E-state index contributed by atoms with van der Waals surface area (Å²) in [5.74, 6) is 0.324. The first-order chi connectivity index (χ1) is 13.6. The second-order valence-electron chi connectivity index (χ2n) is 8.50. The third-order valence-electron chi connectivity index (χ3n) is 6.57. The van der Waals surface area contributed by atoms with Crippen molar-refractivity contribution in [2.24, 2.45) is 11.3 Å². The molecule has 8 heteroatoms. The Labute approximate surface area is 191 Å². The molecule has 0 fully saturated rings. The second-order valence-corrected chi connectivity index (χ2v) is 11.3. The van der Waals surface area contributed by atoms with E-state index in [1.165, 1.54) is 10.4 Å². The van der Waals surface area contributed by atoms with Crippen molar-refractivity contribution in [3.05, 3.63) is 36.6 Å². The minimum Gasteiger partial charge on any atom is -0.506 e. The van der Waals surface area contributed by atoms with Gasteiger partial charge in [0.25, 0.3) is 5.91 Å². The molecule has 1 aromatic carbocycles. The maximum atomic E-state index is 13.0. The van der Waals surface area contributed by atoms with E-state index in [1.807, 2.05) is 0 Å². The van der Waals surface area contributed by atoms with E-state index in [1.54, 1.807) is 17.4 Å². The zero-order valence-electron chi connectivity index (χ0n) is 16.5. The van der Waals surface area contributed by atoms with Gasteiger partial charge in [0.15, 0.2) is 0 Å². The highest BCUT2D eigenvalue weighted by Gasteiger charge is 2.38. The molecule has 2 heterocycles. The van der Waals surface area contributed by atoms with Gasteiger partial charge >= 0.3 is 0 Å². The van der Waals surface area contributed by atoms with Gasteiger partial charge in [-0.2, -0.15) is 0 Å². The van der Waals surface area contributed by atoms with Crippen molar-refractivity contribution in [2.45, 2.75) is 52.6 Å². The number of fused-ring (bicyclic) bond motifs is 3. The zero-order chi connectivity index (χ0) is 21.1. The number of carbonyl (C=O) groups excluding carboxylic acids is 1. The Morgan fingerprint density at radius 2 is 1.97 bits per heavy atom. The first-order valence-corrected chi connectivity index (χ1v) is 12.2. The van der Waals surface area contributed by atoms with Gasteiger partial charge in [-0.1, -0.05) is 27.2 Å². The molecule has 2 aromatic rings. The highest BCUT2D eigenvalue weighted by Crippen LogP contribution is 2.49. The molecule has 0 spiro atoms. The lowest BCUT2D eigenvalue weighted by atomic mass is 9.69. The summed E-state index contributed by atoms with van der Waals surface area (Å²) in [5, 5.41) is 27.7. The van der Waals surface area contributed by atoms with Gasteiger partial charge in [0, 0.05) is 10.4 Å². The summed E-state index contributed by atoms with van der Waals surface area (Å²) in [5.41, 5.74) is 2.70. The van der Waals surface area contributed by atoms with Crippen LogP contribution in [0.1, 0.15) is 66.1 Å². The molecule has 1 aromatic heterocycles. The molecule has 156 valence electrons. The van der Waals surface area contributed by atoms with Crippen LogP contribution < -0.4 is 10.6 Å². The number of aromatic hydroxyl groups is 2. The standard InChI is InChI=1S/C21H24Br2N2O3S/c1-4-21(2,3)9-5-6-10-13(7-9)29-20-14(10)19(28)24-18(25-20)11-8-12(22)17(27)15(23)16(11)26/h8-9,18,25-27H,4-7H2,1-3H3,(H,24,28). The lowest BCUT2D eigenvalue weighted by molar-refractivity contribution is 0.0934. The maximum Gasteiger partial charge on any atom is 0.256 e. The summed E-state index contributed by atoms with van der Waals surface area (Å²) in [4.78, 5) is 14.3. The number of hydrogen-bond acceptors (Lipinski definition) is 5. The van der Waals surface area contributed by atoms with Crippen molar-refractivity contribution in [3.8, 4) is 11.5 Å². The Morgan fingerprint density at radius 1 is 1.24 bits per heavy atom. The Kier molecular flexibility index (Phi) is 5.40. The zero-order valence-corrected chi connectivity index (χ0v) is 20.5. The van der Waals surface area contributed by atoms with Crippen molar-refractivity contribution in [1.29, 1.82) is 0 Å². The van der Waals surface area contributed by atoms with Crippen LogP contribution in [0.3, 0.4) is 0 Å². The number of rotatable bonds is 3. The fourth-order valence-corrected chi connectivity index (χ4v) is 6.75. The van der Waals surface area contributed by atoms with Crippen LogP contribution in [-0.2, 0) is 12.8 Å². The summed E-state index contributed by atoms with van der Waals surface area (Å²) in [7, 11) is 0. The van der Waals surface area contributed by atoms with Crippen LogP contribution in [0.2, 0.25) is 0 Å². The molecule has 1 amide bonds. The van der Waals surface area contributed by atoms with Gasteiger partial charge in [-0.25, -0.2) is 0 Å². The molecule has 0 radical (unpaired) electrons. The minimum absolute atomic E-state index is 0.0785. The van der Waals surface area contributed by atoms with Crippen LogP contribution >= 0.6 is 43.2 Å². The number of benzene rings is 1. The van der Waals surface area contributed by atoms with E-state index in [4.69, 9.17) is 0 Å². The van der Waals surface area contributed by atoms with Gasteiger partial charge < -0.3 is 20.8 Å². The topological polar surface area (TPSA) is 81.6 Å². The summed E-state index contributed by atoms with van der Waals surface area (Å²) < 4.78 is 0.632. The van der Waals surface area contributed by atoms with E-state index in [2.05, 4.69) is 63.3 Å². The molecule has 4 N–H and O–H groups in total. The molecule has 4 rings (SSSR count). The van der Waals surface area contributed by atoms with Crippen molar-refractivity contribution in [1.82, 2.24) is 5.32 Å². The van der Waals surface area contributed by atoms with E-state index >= 15 is 0 Å². The number of halogens is 2. The third-order valence-corrected chi connectivity index (χ3v) is 9.11. The Bertz CT molecular complexity index is 1000. The van der Waals surface area contributed by atoms with Crippen LogP contribution in [0.4, 0.5) is 5.00 Å². The van der Waals surface area contributed by atoms with E-state index in [9.17, 15) is 15.0 Å². The predicted molar refractivity (Wildman–Crippen MR) is 123 cm³/mol. The Balaban J connectivity index is 1.68. The van der Waals surface area contributed by atoms with Crippen LogP contribution in [0.5, 0.6) is 11.5 Å². The van der Waals surface area contributed by atoms with Crippen LogP contribution in [-0.4, -0.2) is 16.1 Å². The van der Waals surface area contributed by atoms with Crippen LogP contribution in [0.15, 0.2) is 15.0 Å². The molecular weight excluding hydrogens is 520 g/mol. The molecule has 0 saturated heterocycles. The molecule has 5 nitrogen and oxygen atoms in total. The van der Waals surface area contributed by atoms with E-state index < -0.39 is 6.17 Å². The normalized spacial score (nSPS) is 21.2. The predicted octanol–water partition coefficient (Wildman–Crippen LogP) is 6.08. The summed E-state index contributed by atoms with van der Waals surface area (Å²) >= 11 is 8.16. The summed E-state index contributed by atoms with van der Waals surface area (Å²) in [6.45, 7) is 6.91. The molecule has 1 aliphatic heterocycles. The second kappa shape index (κ2) is 7.46. The van der Waals surface area contributed by atoms with E-state index in [-0.39, 0.29) is 27.3 Å². The highest BCUT2D eigenvalue weighted by atomic mass is 79.9. The number of phenolic OH excluding ortho intramolecular Hbond substituents is 2. The van der Waals surface area contributed by atoms with E-state index in [0.29, 0.717) is 16.0 Å². The SMILES string of the molecule is CCC(C)(C)C1CCc2c(sc3c2C(=O)NC(c2cc(Br)c(O)c(Br)c2O)N3)C1. The quantitative estimate of drug-likeness (QED) is 0.378. The van der Waals surface area contributed by atoms with Crippen molar-refractivity contribution >= 4 is 54.1 Å². The molecule has 0 bridgehead atoms. The number of hydrogen-bond donors (Lipinski definition) is 4. The number of phenols is 2. The number of carbonyl (C=O) groups is 1. The average Bonchev–Trinajstić information content (AvgIpc) is 3.07. The van der Waals surface area contributed by atoms with Crippen LogP contribution in [0.25, 0.3) is 0 Å². The summed E-state index contributed by atoms with van der Waals surface area (Å²) in [6.07, 6.45) is 3.60. The van der Waals surface area contributed by atoms with E-state index in [0.717, 1.165) is 36.2 Å². The fourth-order valence-electron chi connectivity index (χ4n) is 4.25. The van der Waals surface area contributed by atoms with Gasteiger partial charge in [-0.05, 0) is 74.1 Å². The largest absolute Gasteiger partial charge is 0.506 e. The molecule has 2 atom stereocenters. The highest BCUT2D eigenvalue weighted by molar-refractivity contribution is 9.11. The number of nitrogens with one attached hydrogen (secondary N) is 2. The number of thiophene rings is 1. The van der Waals surface area contributed by atoms with Crippen molar-refractivity contribution in [3.63, 3.8) is 0 Å². The smallest absolute Gasteiger partial charge is 0.256 e. The molecule has 1 aliphatic carbocycles. The monoisotopic (exact) mass is 542 g/mol. The van der Waals surface area contributed by atoms with Gasteiger partial charge in [-0.3, -0.25) is 4.79 Å². The van der Waals surface area contributed by atoms with Gasteiger partial charge in [0.05, 0.1) is 10.0 Å². The van der Waals surface area contributed by atoms with Gasteiger partial charge in [0.2, 0.25) is 0 Å². The fraction of sp³-hybridized carbons (Fsp3) is 0.476. The maximum absolute atomic E-state index is 13.0. The molecule has 0 saturated carbocycles. The molecule has 2 aliphatic rings. The molecule has 29 heavy (non-hydrogen) atoms. The lowest BCUT2D eigenvalue weighted by Crippen LogP contribution is -2.38. The summed E-state index contributed by atoms with van der Waals surface area (Å²) in [6, 6.07) is 1.62. The number of amides is 1. The molecule has 2 unspecified atom stereocenters. The Morgan fingerprint density at radius 3 is 2.66 bits per heavy atom. The lowest BCUT2D eigenvalue weighted by Gasteiger charge is -2.36. The number of anilines is 1. The molecular formula is C21H24Br2N2O3S. The van der Waals surface area contributed by atoms with Crippen LogP contribution in [0, 0.1) is 11.3 Å². The van der Waals surface area contributed by atoms with Gasteiger partial charge in [-0.15, -0.1) is 11.3 Å². The van der Waals surface area contributed by atoms with Gasteiger partial charge in [0.1, 0.15) is 27.1 Å². The van der Waals surface area contributed by atoms with Crippen molar-refractivity contribution in [2.75, 3.05) is 5.32 Å². The first kappa shape index (κ1) is 21.0. The van der Waals surface area contributed by atoms with Crippen molar-refractivity contribution < 1.29 is 15.0 Å². The Hall–Kier alpha value is -1.25. The third kappa shape index (κ3) is 3.47.